The molecule has 0 atom stereocenters. The second-order valence-corrected chi connectivity index (χ2v) is 3.71. The van der Waals surface area contributed by atoms with E-state index >= 15 is 0 Å². The lowest BCUT2D eigenvalue weighted by molar-refractivity contribution is 0.281. The summed E-state index contributed by atoms with van der Waals surface area (Å²) in [6, 6.07) is 5.84. The first-order valence-corrected chi connectivity index (χ1v) is 4.57. The molecule has 0 spiro atoms. The van der Waals surface area contributed by atoms with Gasteiger partial charge in [-0.15, -0.1) is 0 Å². The van der Waals surface area contributed by atoms with Crippen molar-refractivity contribution in [2.24, 2.45) is 0 Å². The van der Waals surface area contributed by atoms with Crippen LogP contribution < -0.4 is 0 Å². The first-order chi connectivity index (χ1) is 5.69. The van der Waals surface area contributed by atoms with Crippen LogP contribution in [0.3, 0.4) is 0 Å². The van der Waals surface area contributed by atoms with Crippen LogP contribution >= 0.6 is 22.6 Å². The van der Waals surface area contributed by atoms with E-state index in [0.29, 0.717) is 11.1 Å². The zero-order valence-corrected chi connectivity index (χ0v) is 8.79. The zero-order valence-electron chi connectivity index (χ0n) is 6.63. The highest BCUT2D eigenvalue weighted by molar-refractivity contribution is 14.1. The molecule has 1 N–H and O–H groups in total. The molecular formula is C9H8INO. The number of hydrogen-bond acceptors (Lipinski definition) is 2. The van der Waals surface area contributed by atoms with Gasteiger partial charge in [-0.1, -0.05) is 6.07 Å². The molecule has 0 amide bonds. The van der Waals surface area contributed by atoms with E-state index in [4.69, 9.17) is 10.4 Å². The number of rotatable bonds is 1. The van der Waals surface area contributed by atoms with Gasteiger partial charge < -0.3 is 5.11 Å². The Morgan fingerprint density at radius 1 is 1.58 bits per heavy atom. The molecule has 0 saturated carbocycles. The van der Waals surface area contributed by atoms with Crippen LogP contribution in [-0.4, -0.2) is 5.11 Å². The van der Waals surface area contributed by atoms with Gasteiger partial charge in [-0.05, 0) is 46.7 Å². The van der Waals surface area contributed by atoms with Gasteiger partial charge in [-0.3, -0.25) is 0 Å². The minimum atomic E-state index is -0.0689. The summed E-state index contributed by atoms with van der Waals surface area (Å²) >= 11 is 2.10. The van der Waals surface area contributed by atoms with Crippen molar-refractivity contribution in [3.8, 4) is 6.07 Å². The zero-order chi connectivity index (χ0) is 9.14. The Balaban J connectivity index is 3.36. The van der Waals surface area contributed by atoms with Gasteiger partial charge >= 0.3 is 0 Å². The third-order valence-electron chi connectivity index (χ3n) is 1.60. The van der Waals surface area contributed by atoms with Crippen molar-refractivity contribution in [1.82, 2.24) is 0 Å². The second-order valence-electron chi connectivity index (χ2n) is 2.55. The highest BCUT2D eigenvalue weighted by atomic mass is 127. The lowest BCUT2D eigenvalue weighted by atomic mass is 10.1. The van der Waals surface area contributed by atoms with Gasteiger partial charge in [-0.25, -0.2) is 0 Å². The largest absolute Gasteiger partial charge is 0.392 e. The number of halogens is 1. The van der Waals surface area contributed by atoms with Crippen molar-refractivity contribution in [3.63, 3.8) is 0 Å². The summed E-state index contributed by atoms with van der Waals surface area (Å²) in [5, 5.41) is 17.7. The van der Waals surface area contributed by atoms with E-state index in [1.807, 2.05) is 19.1 Å². The summed E-state index contributed by atoms with van der Waals surface area (Å²) < 4.78 is 0.902. The summed E-state index contributed by atoms with van der Waals surface area (Å²) in [6.07, 6.45) is 0. The Kier molecular flexibility index (Phi) is 3.06. The molecule has 1 rings (SSSR count). The van der Waals surface area contributed by atoms with Gasteiger partial charge in [0.15, 0.2) is 0 Å². The predicted molar refractivity (Wildman–Crippen MR) is 54.5 cm³/mol. The molecule has 0 unspecified atom stereocenters. The molecule has 62 valence electrons. The molecule has 2 nitrogen and oxygen atoms in total. The lowest BCUT2D eigenvalue weighted by Gasteiger charge is -2.03. The Morgan fingerprint density at radius 2 is 2.25 bits per heavy atom. The molecule has 1 aromatic rings. The van der Waals surface area contributed by atoms with E-state index < -0.39 is 0 Å². The number of hydrogen-bond donors (Lipinski definition) is 1. The Labute approximate surface area is 85.0 Å². The van der Waals surface area contributed by atoms with Crippen molar-refractivity contribution >= 4 is 22.6 Å². The maximum atomic E-state index is 8.94. The average Bonchev–Trinajstić information content (AvgIpc) is 2.03. The van der Waals surface area contributed by atoms with Crippen LogP contribution in [0.1, 0.15) is 16.7 Å². The van der Waals surface area contributed by atoms with Crippen molar-refractivity contribution in [2.75, 3.05) is 0 Å². The predicted octanol–water partition coefficient (Wildman–Crippen LogP) is 1.96. The third-order valence-corrected chi connectivity index (χ3v) is 2.45. The SMILES string of the molecule is Cc1cc(I)c(C#N)c(CO)c1. The molecule has 0 aromatic heterocycles. The number of nitriles is 1. The van der Waals surface area contributed by atoms with Crippen LogP contribution in [0, 0.1) is 21.8 Å². The van der Waals surface area contributed by atoms with Crippen molar-refractivity contribution in [2.45, 2.75) is 13.5 Å². The second kappa shape index (κ2) is 3.87. The number of aryl methyl sites for hydroxylation is 1. The molecule has 0 aliphatic heterocycles. The summed E-state index contributed by atoms with van der Waals surface area (Å²) in [7, 11) is 0. The van der Waals surface area contributed by atoms with Gasteiger partial charge in [0.25, 0.3) is 0 Å². The molecule has 12 heavy (non-hydrogen) atoms. The van der Waals surface area contributed by atoms with E-state index in [9.17, 15) is 0 Å². The van der Waals surface area contributed by atoms with E-state index in [0.717, 1.165) is 9.13 Å². The van der Waals surface area contributed by atoms with Crippen LogP contribution in [0.2, 0.25) is 0 Å². The maximum absolute atomic E-state index is 8.94. The fourth-order valence-corrected chi connectivity index (χ4v) is 2.02. The summed E-state index contributed by atoms with van der Waals surface area (Å²) in [5.41, 5.74) is 2.37. The maximum Gasteiger partial charge on any atom is 0.101 e. The summed E-state index contributed by atoms with van der Waals surface area (Å²) in [6.45, 7) is 1.88. The van der Waals surface area contributed by atoms with Gasteiger partial charge in [-0.2, -0.15) is 5.26 Å². The molecule has 0 aliphatic rings. The fraction of sp³-hybridized carbons (Fsp3) is 0.222. The van der Waals surface area contributed by atoms with E-state index in [1.165, 1.54) is 0 Å². The molecule has 0 heterocycles. The molecule has 0 saturated heterocycles. The molecule has 0 radical (unpaired) electrons. The monoisotopic (exact) mass is 273 g/mol. The molecule has 1 aromatic carbocycles. The van der Waals surface area contributed by atoms with Crippen LogP contribution in [0.4, 0.5) is 0 Å². The minimum Gasteiger partial charge on any atom is -0.392 e. The molecule has 0 fully saturated rings. The van der Waals surface area contributed by atoms with Crippen molar-refractivity contribution in [3.05, 3.63) is 32.4 Å². The highest BCUT2D eigenvalue weighted by Gasteiger charge is 2.05. The topological polar surface area (TPSA) is 44.0 Å². The van der Waals surface area contributed by atoms with Gasteiger partial charge in [0.2, 0.25) is 0 Å². The standard InChI is InChI=1S/C9H8INO/c1-6-2-7(5-12)8(4-11)9(10)3-6/h2-3,12H,5H2,1H3. The van der Waals surface area contributed by atoms with E-state index in [1.54, 1.807) is 0 Å². The number of aliphatic hydroxyl groups is 1. The molecular weight excluding hydrogens is 265 g/mol. The van der Waals surface area contributed by atoms with Crippen LogP contribution in [0.25, 0.3) is 0 Å². The van der Waals surface area contributed by atoms with Gasteiger partial charge in [0.05, 0.1) is 12.2 Å². The van der Waals surface area contributed by atoms with Crippen molar-refractivity contribution < 1.29 is 5.11 Å². The normalized spacial score (nSPS) is 9.50. The first-order valence-electron chi connectivity index (χ1n) is 3.49. The fourth-order valence-electron chi connectivity index (χ4n) is 1.06. The molecule has 0 bridgehead atoms. The van der Waals surface area contributed by atoms with E-state index in [2.05, 4.69) is 28.7 Å². The van der Waals surface area contributed by atoms with Gasteiger partial charge in [0, 0.05) is 3.57 Å². The minimum absolute atomic E-state index is 0.0689. The van der Waals surface area contributed by atoms with Crippen LogP contribution in [-0.2, 0) is 6.61 Å². The quantitative estimate of drug-likeness (QED) is 0.795. The Morgan fingerprint density at radius 3 is 2.75 bits per heavy atom. The highest BCUT2D eigenvalue weighted by Crippen LogP contribution is 2.18. The van der Waals surface area contributed by atoms with E-state index in [-0.39, 0.29) is 6.61 Å². The molecule has 3 heteroatoms. The molecule has 0 aliphatic carbocycles. The Hall–Kier alpha value is -0.600. The lowest BCUT2D eigenvalue weighted by Crippen LogP contribution is -1.94. The van der Waals surface area contributed by atoms with Crippen LogP contribution in [0.5, 0.6) is 0 Å². The van der Waals surface area contributed by atoms with Crippen molar-refractivity contribution in [1.29, 1.82) is 5.26 Å². The summed E-state index contributed by atoms with van der Waals surface area (Å²) in [5.74, 6) is 0. The smallest absolute Gasteiger partial charge is 0.101 e. The van der Waals surface area contributed by atoms with Crippen LogP contribution in [0.15, 0.2) is 12.1 Å². The number of aliphatic hydroxyl groups excluding tert-OH is 1. The Bertz CT molecular complexity index is 341. The number of benzene rings is 1. The van der Waals surface area contributed by atoms with Gasteiger partial charge in [0.1, 0.15) is 6.07 Å². The number of nitrogens with zero attached hydrogens (tertiary/aromatic N) is 1. The third kappa shape index (κ3) is 1.76. The first kappa shape index (κ1) is 9.49. The summed E-state index contributed by atoms with van der Waals surface area (Å²) in [4.78, 5) is 0. The average molecular weight is 273 g/mol.